The van der Waals surface area contributed by atoms with Gasteiger partial charge in [0.1, 0.15) is 12.4 Å². The number of hydrogen-bond donors (Lipinski definition) is 0. The lowest BCUT2D eigenvalue weighted by Crippen LogP contribution is -2.41. The van der Waals surface area contributed by atoms with Crippen LogP contribution in [0, 0.1) is 5.92 Å². The van der Waals surface area contributed by atoms with E-state index in [9.17, 15) is 9.59 Å². The second-order valence-corrected chi connectivity index (χ2v) is 5.45. The van der Waals surface area contributed by atoms with Gasteiger partial charge in [-0.05, 0) is 19.3 Å². The number of Topliss-reactive ketones (excluding diaryl/α,β-unsaturated/α-hetero) is 2. The van der Waals surface area contributed by atoms with Gasteiger partial charge in [-0.2, -0.15) is 0 Å². The maximum Gasteiger partial charge on any atom is 0.158 e. The molecule has 0 saturated carbocycles. The average molecular weight is 269 g/mol. The Morgan fingerprint density at radius 3 is 2.42 bits per heavy atom. The molecule has 0 amide bonds. The van der Waals surface area contributed by atoms with Crippen LogP contribution in [0.2, 0.25) is 0 Å². The molecular formula is C15H27NO3. The highest BCUT2D eigenvalue weighted by molar-refractivity contribution is 5.82. The van der Waals surface area contributed by atoms with Crippen molar-refractivity contribution in [3.05, 3.63) is 0 Å². The highest BCUT2D eigenvalue weighted by Crippen LogP contribution is 2.15. The monoisotopic (exact) mass is 269 g/mol. The summed E-state index contributed by atoms with van der Waals surface area (Å²) in [6, 6.07) is 0. The Balaban J connectivity index is 2.21. The van der Waals surface area contributed by atoms with Gasteiger partial charge in [0.15, 0.2) is 5.78 Å². The molecule has 1 fully saturated rings. The Bertz CT molecular complexity index is 296. The summed E-state index contributed by atoms with van der Waals surface area (Å²) < 4.78 is 5.60. The molecule has 1 aliphatic heterocycles. The highest BCUT2D eigenvalue weighted by atomic mass is 16.5. The first-order valence-corrected chi connectivity index (χ1v) is 7.45. The van der Waals surface area contributed by atoms with Gasteiger partial charge >= 0.3 is 0 Å². The maximum atomic E-state index is 11.9. The molecule has 0 aromatic rings. The minimum absolute atomic E-state index is 0.161. The molecule has 0 aromatic carbocycles. The van der Waals surface area contributed by atoms with E-state index in [2.05, 4.69) is 4.90 Å². The van der Waals surface area contributed by atoms with Crippen molar-refractivity contribution in [2.75, 3.05) is 26.2 Å². The molecule has 110 valence electrons. The zero-order valence-corrected chi connectivity index (χ0v) is 12.5. The number of carbonyl (C=O) groups is 2. The molecule has 4 nitrogen and oxygen atoms in total. The summed E-state index contributed by atoms with van der Waals surface area (Å²) in [7, 11) is 0. The largest absolute Gasteiger partial charge is 0.370 e. The number of likely N-dealkylation sites (tertiary alicyclic amines) is 1. The van der Waals surface area contributed by atoms with Crippen molar-refractivity contribution in [3.63, 3.8) is 0 Å². The number of ketones is 2. The van der Waals surface area contributed by atoms with Crippen LogP contribution in [0.25, 0.3) is 0 Å². The molecule has 1 saturated heterocycles. The van der Waals surface area contributed by atoms with Crippen molar-refractivity contribution in [3.8, 4) is 0 Å². The third kappa shape index (κ3) is 5.83. The molecule has 0 spiro atoms. The van der Waals surface area contributed by atoms with Crippen molar-refractivity contribution in [2.45, 2.75) is 52.6 Å². The molecule has 4 heteroatoms. The van der Waals surface area contributed by atoms with Crippen LogP contribution < -0.4 is 0 Å². The molecule has 0 aliphatic carbocycles. The smallest absolute Gasteiger partial charge is 0.158 e. The zero-order chi connectivity index (χ0) is 14.3. The minimum Gasteiger partial charge on any atom is -0.370 e. The number of nitrogens with zero attached hydrogens (tertiary/aromatic N) is 1. The molecule has 1 unspecified atom stereocenters. The topological polar surface area (TPSA) is 46.6 Å². The molecule has 1 rings (SSSR count). The predicted octanol–water partition coefficient (Wildman–Crippen LogP) is 2.06. The molecular weight excluding hydrogens is 242 g/mol. The van der Waals surface area contributed by atoms with Crippen molar-refractivity contribution in [1.29, 1.82) is 0 Å². The van der Waals surface area contributed by atoms with Gasteiger partial charge in [-0.3, -0.25) is 14.5 Å². The number of ether oxygens (including phenoxy) is 1. The molecule has 19 heavy (non-hydrogen) atoms. The van der Waals surface area contributed by atoms with Gasteiger partial charge in [-0.15, -0.1) is 0 Å². The SMILES string of the molecule is CCC(=O)COC1CCN(CC(=O)C(C)CC)CC1. The Kier molecular flexibility index (Phi) is 7.24. The van der Waals surface area contributed by atoms with Crippen LogP contribution in [-0.4, -0.2) is 48.8 Å². The van der Waals surface area contributed by atoms with Gasteiger partial charge in [0.05, 0.1) is 12.6 Å². The summed E-state index contributed by atoms with van der Waals surface area (Å²) in [6.45, 7) is 8.50. The molecule has 0 N–H and O–H groups in total. The number of carbonyl (C=O) groups excluding carboxylic acids is 2. The lowest BCUT2D eigenvalue weighted by Gasteiger charge is -2.31. The van der Waals surface area contributed by atoms with Gasteiger partial charge in [0, 0.05) is 25.4 Å². The summed E-state index contributed by atoms with van der Waals surface area (Å²) in [5.41, 5.74) is 0. The van der Waals surface area contributed by atoms with E-state index in [0.29, 0.717) is 18.7 Å². The summed E-state index contributed by atoms with van der Waals surface area (Å²) in [5.74, 6) is 0.661. The van der Waals surface area contributed by atoms with E-state index in [4.69, 9.17) is 4.74 Å². The lowest BCUT2D eigenvalue weighted by atomic mass is 10.0. The molecule has 0 bridgehead atoms. The first-order valence-electron chi connectivity index (χ1n) is 7.45. The van der Waals surface area contributed by atoms with Crippen molar-refractivity contribution in [1.82, 2.24) is 4.90 Å². The van der Waals surface area contributed by atoms with E-state index in [1.54, 1.807) is 0 Å². The van der Waals surface area contributed by atoms with Crippen LogP contribution in [0.1, 0.15) is 46.5 Å². The molecule has 0 radical (unpaired) electrons. The van der Waals surface area contributed by atoms with E-state index >= 15 is 0 Å². The van der Waals surface area contributed by atoms with Crippen molar-refractivity contribution >= 4 is 11.6 Å². The fourth-order valence-corrected chi connectivity index (χ4v) is 2.15. The van der Waals surface area contributed by atoms with Crippen LogP contribution in [0.15, 0.2) is 0 Å². The maximum absolute atomic E-state index is 11.9. The summed E-state index contributed by atoms with van der Waals surface area (Å²) in [5, 5.41) is 0. The van der Waals surface area contributed by atoms with Crippen LogP contribution in [0.5, 0.6) is 0 Å². The predicted molar refractivity (Wildman–Crippen MR) is 75.2 cm³/mol. The standard InChI is InChI=1S/C15H27NO3/c1-4-12(3)15(18)10-16-8-6-14(7-9-16)19-11-13(17)5-2/h12,14H,4-11H2,1-3H3. The van der Waals surface area contributed by atoms with E-state index < -0.39 is 0 Å². The van der Waals surface area contributed by atoms with Crippen molar-refractivity contribution in [2.24, 2.45) is 5.92 Å². The van der Waals surface area contributed by atoms with Crippen LogP contribution in [0.4, 0.5) is 0 Å². The van der Waals surface area contributed by atoms with E-state index in [-0.39, 0.29) is 24.4 Å². The molecule has 1 aliphatic rings. The van der Waals surface area contributed by atoms with Gasteiger partial charge in [-0.1, -0.05) is 20.8 Å². The second kappa shape index (κ2) is 8.43. The zero-order valence-electron chi connectivity index (χ0n) is 12.5. The van der Waals surface area contributed by atoms with Crippen LogP contribution >= 0.6 is 0 Å². The Hall–Kier alpha value is -0.740. The number of piperidine rings is 1. The van der Waals surface area contributed by atoms with Crippen LogP contribution in [0.3, 0.4) is 0 Å². The van der Waals surface area contributed by atoms with Gasteiger partial charge < -0.3 is 4.74 Å². The molecule has 1 heterocycles. The average Bonchev–Trinajstić information content (AvgIpc) is 2.45. The number of hydrogen-bond acceptors (Lipinski definition) is 4. The third-order valence-electron chi connectivity index (χ3n) is 3.95. The van der Waals surface area contributed by atoms with Gasteiger partial charge in [0.25, 0.3) is 0 Å². The number of rotatable bonds is 8. The molecule has 0 aromatic heterocycles. The third-order valence-corrected chi connectivity index (χ3v) is 3.95. The molecule has 1 atom stereocenters. The summed E-state index contributed by atoms with van der Waals surface area (Å²) in [6.07, 6.45) is 3.49. The van der Waals surface area contributed by atoms with Crippen molar-refractivity contribution < 1.29 is 14.3 Å². The van der Waals surface area contributed by atoms with Gasteiger partial charge in [-0.25, -0.2) is 0 Å². The second-order valence-electron chi connectivity index (χ2n) is 5.45. The Morgan fingerprint density at radius 2 is 1.89 bits per heavy atom. The normalized spacial score (nSPS) is 19.3. The summed E-state index contributed by atoms with van der Waals surface area (Å²) in [4.78, 5) is 25.3. The quantitative estimate of drug-likeness (QED) is 0.676. The fourth-order valence-electron chi connectivity index (χ4n) is 2.15. The van der Waals surface area contributed by atoms with E-state index in [1.165, 1.54) is 0 Å². The first kappa shape index (κ1) is 16.3. The first-order chi connectivity index (χ1) is 9.06. The summed E-state index contributed by atoms with van der Waals surface area (Å²) >= 11 is 0. The Morgan fingerprint density at radius 1 is 1.26 bits per heavy atom. The van der Waals surface area contributed by atoms with Crippen LogP contribution in [-0.2, 0) is 14.3 Å². The minimum atomic E-state index is 0.161. The Labute approximate surface area is 116 Å². The van der Waals surface area contributed by atoms with E-state index in [1.807, 2.05) is 20.8 Å². The highest BCUT2D eigenvalue weighted by Gasteiger charge is 2.22. The van der Waals surface area contributed by atoms with Gasteiger partial charge in [0.2, 0.25) is 0 Å². The lowest BCUT2D eigenvalue weighted by molar-refractivity contribution is -0.126. The van der Waals surface area contributed by atoms with E-state index in [0.717, 1.165) is 32.4 Å². The fraction of sp³-hybridized carbons (Fsp3) is 0.867.